The molecule has 0 fully saturated rings. The van der Waals surface area contributed by atoms with Crippen LogP contribution >= 0.6 is 11.6 Å². The van der Waals surface area contributed by atoms with Gasteiger partial charge in [-0.1, -0.05) is 36.7 Å². The Morgan fingerprint density at radius 1 is 1.42 bits per heavy atom. The number of aromatic carboxylic acids is 1. The molecule has 1 N–H and O–H groups in total. The number of carboxylic acids is 1. The predicted molar refractivity (Wildman–Crippen MR) is 72.2 cm³/mol. The Morgan fingerprint density at radius 3 is 2.63 bits per heavy atom. The zero-order valence-corrected chi connectivity index (χ0v) is 11.6. The predicted octanol–water partition coefficient (Wildman–Crippen LogP) is 3.05. The van der Waals surface area contributed by atoms with Crippen molar-refractivity contribution in [3.63, 3.8) is 0 Å². The minimum atomic E-state index is -1.08. The lowest BCUT2D eigenvalue weighted by molar-refractivity contribution is 0.0688. The van der Waals surface area contributed by atoms with Crippen molar-refractivity contribution in [2.24, 2.45) is 0 Å². The molecule has 2 aromatic rings. The minimum Gasteiger partial charge on any atom is -0.476 e. The molecular formula is C13H14ClN3O2. The molecule has 0 amide bonds. The standard InChI is InChI=1S/C13H14ClN3O2/c1-7(2)12-11(13(18)19)15-16-17(12)9-5-4-8(3)10(14)6-9/h4-7H,1-3H3,(H,18,19). The van der Waals surface area contributed by atoms with Crippen LogP contribution in [-0.4, -0.2) is 26.1 Å². The van der Waals surface area contributed by atoms with Crippen LogP contribution in [0.5, 0.6) is 0 Å². The van der Waals surface area contributed by atoms with E-state index in [2.05, 4.69) is 10.3 Å². The second-order valence-corrected chi connectivity index (χ2v) is 5.04. The summed E-state index contributed by atoms with van der Waals surface area (Å²) in [6.45, 7) is 5.70. The van der Waals surface area contributed by atoms with E-state index in [0.717, 1.165) is 5.56 Å². The number of benzene rings is 1. The van der Waals surface area contributed by atoms with Crippen LogP contribution in [0.3, 0.4) is 0 Å². The van der Waals surface area contributed by atoms with E-state index in [4.69, 9.17) is 16.7 Å². The van der Waals surface area contributed by atoms with E-state index in [1.165, 1.54) is 4.68 Å². The first-order valence-corrected chi connectivity index (χ1v) is 6.25. The van der Waals surface area contributed by atoms with E-state index < -0.39 is 5.97 Å². The summed E-state index contributed by atoms with van der Waals surface area (Å²) >= 11 is 6.09. The molecule has 0 radical (unpaired) electrons. The number of carboxylic acid groups (broad SMARTS) is 1. The van der Waals surface area contributed by atoms with E-state index >= 15 is 0 Å². The molecule has 2 rings (SSSR count). The van der Waals surface area contributed by atoms with Crippen molar-refractivity contribution in [1.29, 1.82) is 0 Å². The first kappa shape index (κ1) is 13.5. The molecule has 1 heterocycles. The smallest absolute Gasteiger partial charge is 0.358 e. The van der Waals surface area contributed by atoms with E-state index in [-0.39, 0.29) is 11.6 Å². The molecule has 100 valence electrons. The van der Waals surface area contributed by atoms with Crippen LogP contribution < -0.4 is 0 Å². The van der Waals surface area contributed by atoms with Gasteiger partial charge in [0.15, 0.2) is 5.69 Å². The number of carbonyl (C=O) groups is 1. The molecule has 6 heteroatoms. The molecular weight excluding hydrogens is 266 g/mol. The quantitative estimate of drug-likeness (QED) is 0.937. The fraction of sp³-hybridized carbons (Fsp3) is 0.308. The fourth-order valence-electron chi connectivity index (χ4n) is 1.86. The minimum absolute atomic E-state index is 0.0128. The highest BCUT2D eigenvalue weighted by atomic mass is 35.5. The van der Waals surface area contributed by atoms with Gasteiger partial charge in [-0.25, -0.2) is 9.48 Å². The van der Waals surface area contributed by atoms with Gasteiger partial charge in [0.25, 0.3) is 0 Å². The summed E-state index contributed by atoms with van der Waals surface area (Å²) in [6.07, 6.45) is 0. The Hall–Kier alpha value is -1.88. The van der Waals surface area contributed by atoms with Crippen molar-refractivity contribution in [3.05, 3.63) is 40.2 Å². The third-order valence-corrected chi connectivity index (χ3v) is 3.26. The topological polar surface area (TPSA) is 68.0 Å². The average molecular weight is 280 g/mol. The van der Waals surface area contributed by atoms with Crippen molar-refractivity contribution in [2.45, 2.75) is 26.7 Å². The van der Waals surface area contributed by atoms with Gasteiger partial charge >= 0.3 is 5.97 Å². The molecule has 0 spiro atoms. The van der Waals surface area contributed by atoms with Crippen molar-refractivity contribution in [1.82, 2.24) is 15.0 Å². The highest BCUT2D eigenvalue weighted by molar-refractivity contribution is 6.31. The Labute approximate surface area is 115 Å². The number of aromatic nitrogens is 3. The molecule has 5 nitrogen and oxygen atoms in total. The molecule has 1 aromatic carbocycles. The van der Waals surface area contributed by atoms with Crippen molar-refractivity contribution in [2.75, 3.05) is 0 Å². The van der Waals surface area contributed by atoms with Crippen molar-refractivity contribution >= 4 is 17.6 Å². The summed E-state index contributed by atoms with van der Waals surface area (Å²) in [5, 5.41) is 17.4. The van der Waals surface area contributed by atoms with E-state index in [9.17, 15) is 4.79 Å². The van der Waals surface area contributed by atoms with Gasteiger partial charge in [-0.15, -0.1) is 5.10 Å². The molecule has 1 aromatic heterocycles. The summed E-state index contributed by atoms with van der Waals surface area (Å²) in [5.74, 6) is -1.09. The van der Waals surface area contributed by atoms with E-state index in [0.29, 0.717) is 16.4 Å². The Morgan fingerprint density at radius 2 is 2.11 bits per heavy atom. The van der Waals surface area contributed by atoms with E-state index in [1.807, 2.05) is 32.9 Å². The lowest BCUT2D eigenvalue weighted by Crippen LogP contribution is -2.08. The maximum atomic E-state index is 11.2. The summed E-state index contributed by atoms with van der Waals surface area (Å²) in [6, 6.07) is 5.46. The van der Waals surface area contributed by atoms with Crippen LogP contribution in [0.25, 0.3) is 5.69 Å². The van der Waals surface area contributed by atoms with Crippen LogP contribution in [0.15, 0.2) is 18.2 Å². The zero-order valence-electron chi connectivity index (χ0n) is 10.9. The summed E-state index contributed by atoms with van der Waals surface area (Å²) in [7, 11) is 0. The molecule has 0 aliphatic carbocycles. The lowest BCUT2D eigenvalue weighted by Gasteiger charge is -2.10. The zero-order chi connectivity index (χ0) is 14.2. The Balaban J connectivity index is 2.62. The largest absolute Gasteiger partial charge is 0.476 e. The second kappa shape index (κ2) is 5.01. The third kappa shape index (κ3) is 2.46. The van der Waals surface area contributed by atoms with E-state index in [1.54, 1.807) is 6.07 Å². The first-order valence-electron chi connectivity index (χ1n) is 5.87. The molecule has 0 aliphatic rings. The van der Waals surface area contributed by atoms with Gasteiger partial charge in [0.1, 0.15) is 0 Å². The molecule has 0 saturated heterocycles. The Bertz CT molecular complexity index is 635. The number of hydrogen-bond acceptors (Lipinski definition) is 3. The van der Waals surface area contributed by atoms with Gasteiger partial charge in [-0.2, -0.15) is 0 Å². The Kier molecular flexibility index (Phi) is 3.57. The normalized spacial score (nSPS) is 11.0. The molecule has 0 atom stereocenters. The van der Waals surface area contributed by atoms with Crippen LogP contribution in [0, 0.1) is 6.92 Å². The maximum Gasteiger partial charge on any atom is 0.358 e. The number of hydrogen-bond donors (Lipinski definition) is 1. The van der Waals surface area contributed by atoms with Gasteiger partial charge in [0, 0.05) is 5.02 Å². The molecule has 19 heavy (non-hydrogen) atoms. The van der Waals surface area contributed by atoms with Gasteiger partial charge in [0.05, 0.1) is 11.4 Å². The molecule has 0 bridgehead atoms. The van der Waals surface area contributed by atoms with Crippen molar-refractivity contribution in [3.8, 4) is 5.69 Å². The summed E-state index contributed by atoms with van der Waals surface area (Å²) < 4.78 is 1.53. The molecule has 0 saturated carbocycles. The number of halogens is 1. The average Bonchev–Trinajstić information content (AvgIpc) is 2.77. The molecule has 0 aliphatic heterocycles. The monoisotopic (exact) mass is 279 g/mol. The highest BCUT2D eigenvalue weighted by Gasteiger charge is 2.22. The maximum absolute atomic E-state index is 11.2. The number of aryl methyl sites for hydroxylation is 1. The first-order chi connectivity index (χ1) is 8.91. The fourth-order valence-corrected chi connectivity index (χ4v) is 2.04. The van der Waals surface area contributed by atoms with Crippen LogP contribution in [-0.2, 0) is 0 Å². The van der Waals surface area contributed by atoms with Gasteiger partial charge in [0.2, 0.25) is 0 Å². The SMILES string of the molecule is Cc1ccc(-n2nnc(C(=O)O)c2C(C)C)cc1Cl. The molecule has 0 unspecified atom stereocenters. The number of nitrogens with zero attached hydrogens (tertiary/aromatic N) is 3. The van der Waals surface area contributed by atoms with Gasteiger partial charge in [-0.3, -0.25) is 0 Å². The second-order valence-electron chi connectivity index (χ2n) is 4.63. The van der Waals surface area contributed by atoms with Crippen LogP contribution in [0.2, 0.25) is 5.02 Å². The third-order valence-electron chi connectivity index (χ3n) is 2.85. The van der Waals surface area contributed by atoms with Crippen LogP contribution in [0.1, 0.15) is 41.5 Å². The summed E-state index contributed by atoms with van der Waals surface area (Å²) in [5.41, 5.74) is 2.20. The van der Waals surface area contributed by atoms with Crippen molar-refractivity contribution < 1.29 is 9.90 Å². The van der Waals surface area contributed by atoms with Gasteiger partial charge in [-0.05, 0) is 30.5 Å². The van der Waals surface area contributed by atoms with Gasteiger partial charge < -0.3 is 5.11 Å². The number of rotatable bonds is 3. The lowest BCUT2D eigenvalue weighted by atomic mass is 10.1. The highest BCUT2D eigenvalue weighted by Crippen LogP contribution is 2.24. The summed E-state index contributed by atoms with van der Waals surface area (Å²) in [4.78, 5) is 11.2. The van der Waals surface area contributed by atoms with Crippen LogP contribution in [0.4, 0.5) is 0 Å².